The smallest absolute Gasteiger partial charge is 0.407 e. The van der Waals surface area contributed by atoms with Crippen molar-refractivity contribution in [1.29, 1.82) is 0 Å². The van der Waals surface area contributed by atoms with Crippen LogP contribution in [0.2, 0.25) is 0 Å². The van der Waals surface area contributed by atoms with Gasteiger partial charge in [0.2, 0.25) is 0 Å². The molecule has 0 heterocycles. The zero-order valence-corrected chi connectivity index (χ0v) is 17.5. The quantitative estimate of drug-likeness (QED) is 0.531. The molecule has 2 aliphatic rings. The number of amides is 2. The molecule has 2 saturated carbocycles. The average molecular weight is 401 g/mol. The molecule has 0 saturated heterocycles. The molecule has 0 aromatic rings. The lowest BCUT2D eigenvalue weighted by molar-refractivity contribution is 0.134. The highest BCUT2D eigenvalue weighted by Gasteiger charge is 2.28. The third kappa shape index (κ3) is 8.62. The van der Waals surface area contributed by atoms with Crippen LogP contribution in [0.25, 0.3) is 0 Å². The molecule has 156 valence electrons. The third-order valence-electron chi connectivity index (χ3n) is 5.77. The summed E-state index contributed by atoms with van der Waals surface area (Å²) in [5.41, 5.74) is 0. The number of nitrogens with one attached hydrogen (secondary N) is 2. The first-order valence-corrected chi connectivity index (χ1v) is 11.2. The number of rotatable bonds is 8. The van der Waals surface area contributed by atoms with E-state index in [0.717, 1.165) is 43.9 Å². The first-order chi connectivity index (χ1) is 13.1. The Balaban J connectivity index is 1.57. The molecule has 0 radical (unpaired) electrons. The van der Waals surface area contributed by atoms with E-state index in [1.807, 2.05) is 6.92 Å². The van der Waals surface area contributed by atoms with Crippen molar-refractivity contribution < 1.29 is 19.1 Å². The maximum atomic E-state index is 11.7. The van der Waals surface area contributed by atoms with Gasteiger partial charge in [-0.1, -0.05) is 6.92 Å². The molecule has 2 N–H and O–H groups in total. The van der Waals surface area contributed by atoms with Gasteiger partial charge in [-0.25, -0.2) is 9.59 Å². The minimum absolute atomic E-state index is 0.253. The fourth-order valence-electron chi connectivity index (χ4n) is 4.31. The van der Waals surface area contributed by atoms with Crippen LogP contribution in [-0.4, -0.2) is 43.2 Å². The van der Waals surface area contributed by atoms with Crippen LogP contribution in [0.4, 0.5) is 9.59 Å². The number of thiol groups is 1. The zero-order valence-electron chi connectivity index (χ0n) is 16.6. The molecule has 7 heteroatoms. The van der Waals surface area contributed by atoms with Crippen molar-refractivity contribution >= 4 is 24.8 Å². The van der Waals surface area contributed by atoms with E-state index in [2.05, 4.69) is 23.3 Å². The number of hydrogen-bond donors (Lipinski definition) is 3. The van der Waals surface area contributed by atoms with Crippen molar-refractivity contribution in [2.45, 2.75) is 83.2 Å². The molecular weight excluding hydrogens is 364 g/mol. The summed E-state index contributed by atoms with van der Waals surface area (Å²) < 4.78 is 10.1. The predicted octanol–water partition coefficient (Wildman–Crippen LogP) is 4.29. The SMILES string of the molecule is CCCOC(=O)NC1CCC(CC2CCC(NC(=O)OCCS)CC2)CC1. The van der Waals surface area contributed by atoms with E-state index in [0.29, 0.717) is 19.0 Å². The Bertz CT molecular complexity index is 407. The largest absolute Gasteiger partial charge is 0.450 e. The van der Waals surface area contributed by atoms with Crippen molar-refractivity contribution in [3.8, 4) is 0 Å². The molecule has 0 bridgehead atoms. The van der Waals surface area contributed by atoms with Gasteiger partial charge in [-0.15, -0.1) is 0 Å². The number of hydrogen-bond acceptors (Lipinski definition) is 5. The normalized spacial score (nSPS) is 28.2. The van der Waals surface area contributed by atoms with Crippen LogP contribution in [0.15, 0.2) is 0 Å². The van der Waals surface area contributed by atoms with Gasteiger partial charge in [0.1, 0.15) is 6.61 Å². The summed E-state index contributed by atoms with van der Waals surface area (Å²) in [6.07, 6.45) is 10.5. The van der Waals surface area contributed by atoms with E-state index in [1.54, 1.807) is 0 Å². The van der Waals surface area contributed by atoms with Crippen LogP contribution in [0, 0.1) is 11.8 Å². The van der Waals surface area contributed by atoms with Crippen LogP contribution in [0.3, 0.4) is 0 Å². The maximum absolute atomic E-state index is 11.7. The molecule has 0 aromatic carbocycles. The summed E-state index contributed by atoms with van der Waals surface area (Å²) in [6.45, 7) is 2.85. The van der Waals surface area contributed by atoms with Gasteiger partial charge in [0, 0.05) is 17.8 Å². The Kier molecular flexibility index (Phi) is 10.2. The van der Waals surface area contributed by atoms with Crippen molar-refractivity contribution in [3.63, 3.8) is 0 Å². The Morgan fingerprint density at radius 2 is 1.26 bits per heavy atom. The molecule has 2 rings (SSSR count). The summed E-state index contributed by atoms with van der Waals surface area (Å²) >= 11 is 4.04. The van der Waals surface area contributed by atoms with E-state index in [-0.39, 0.29) is 24.3 Å². The monoisotopic (exact) mass is 400 g/mol. The highest BCUT2D eigenvalue weighted by molar-refractivity contribution is 7.80. The predicted molar refractivity (Wildman–Crippen MR) is 109 cm³/mol. The van der Waals surface area contributed by atoms with Crippen molar-refractivity contribution in [1.82, 2.24) is 10.6 Å². The van der Waals surface area contributed by atoms with Gasteiger partial charge < -0.3 is 20.1 Å². The van der Waals surface area contributed by atoms with Crippen LogP contribution < -0.4 is 10.6 Å². The van der Waals surface area contributed by atoms with E-state index in [9.17, 15) is 9.59 Å². The first kappa shape index (κ1) is 22.2. The summed E-state index contributed by atoms with van der Waals surface area (Å²) in [5, 5.41) is 5.97. The number of alkyl carbamates (subject to hydrolysis) is 2. The molecule has 0 unspecified atom stereocenters. The van der Waals surface area contributed by atoms with E-state index < -0.39 is 0 Å². The molecule has 2 aliphatic carbocycles. The fourth-order valence-corrected chi connectivity index (χ4v) is 4.40. The molecule has 0 atom stereocenters. The van der Waals surface area contributed by atoms with Gasteiger partial charge in [0.05, 0.1) is 6.61 Å². The van der Waals surface area contributed by atoms with Crippen LogP contribution >= 0.6 is 12.6 Å². The highest BCUT2D eigenvalue weighted by atomic mass is 32.1. The molecule has 2 fully saturated rings. The van der Waals surface area contributed by atoms with Gasteiger partial charge in [-0.3, -0.25) is 0 Å². The summed E-state index contributed by atoms with van der Waals surface area (Å²) in [6, 6.07) is 0.525. The lowest BCUT2D eigenvalue weighted by Crippen LogP contribution is -2.39. The topological polar surface area (TPSA) is 76.7 Å². The first-order valence-electron chi connectivity index (χ1n) is 10.6. The lowest BCUT2D eigenvalue weighted by Gasteiger charge is -2.34. The average Bonchev–Trinajstić information content (AvgIpc) is 2.68. The molecular formula is C20H36N2O4S. The molecule has 0 aliphatic heterocycles. The van der Waals surface area contributed by atoms with E-state index >= 15 is 0 Å². The highest BCUT2D eigenvalue weighted by Crippen LogP contribution is 2.35. The zero-order chi connectivity index (χ0) is 19.5. The standard InChI is InChI=1S/C20H36N2O4S/c1-2-11-25-19(23)21-17-7-3-15(4-8-17)14-16-5-9-18(10-6-16)22-20(24)26-12-13-27/h15-18,27H,2-14H2,1H3,(H,21,23)(H,22,24). The number of ether oxygens (including phenoxy) is 2. The third-order valence-corrected chi connectivity index (χ3v) is 5.95. The van der Waals surface area contributed by atoms with Gasteiger partial charge in [0.25, 0.3) is 0 Å². The fraction of sp³-hybridized carbons (Fsp3) is 0.900. The molecule has 27 heavy (non-hydrogen) atoms. The Morgan fingerprint density at radius 1 is 0.815 bits per heavy atom. The minimum Gasteiger partial charge on any atom is -0.450 e. The van der Waals surface area contributed by atoms with Gasteiger partial charge in [-0.05, 0) is 76.0 Å². The molecule has 0 aromatic heterocycles. The maximum Gasteiger partial charge on any atom is 0.407 e. The molecule has 2 amide bonds. The minimum atomic E-state index is -0.309. The van der Waals surface area contributed by atoms with E-state index in [4.69, 9.17) is 9.47 Å². The second kappa shape index (κ2) is 12.4. The van der Waals surface area contributed by atoms with Crippen LogP contribution in [0.1, 0.15) is 71.1 Å². The van der Waals surface area contributed by atoms with Gasteiger partial charge in [0.15, 0.2) is 0 Å². The Hall–Kier alpha value is -1.11. The Morgan fingerprint density at radius 3 is 1.67 bits per heavy atom. The Labute approximate surface area is 168 Å². The number of carbonyl (C=O) groups excluding carboxylic acids is 2. The van der Waals surface area contributed by atoms with E-state index in [1.165, 1.54) is 32.1 Å². The summed E-state index contributed by atoms with van der Waals surface area (Å²) in [4.78, 5) is 23.3. The summed E-state index contributed by atoms with van der Waals surface area (Å²) in [7, 11) is 0. The lowest BCUT2D eigenvalue weighted by atomic mass is 9.76. The van der Waals surface area contributed by atoms with Crippen molar-refractivity contribution in [3.05, 3.63) is 0 Å². The van der Waals surface area contributed by atoms with Crippen molar-refractivity contribution in [2.75, 3.05) is 19.0 Å². The molecule has 0 spiro atoms. The van der Waals surface area contributed by atoms with Crippen molar-refractivity contribution in [2.24, 2.45) is 11.8 Å². The molecule has 6 nitrogen and oxygen atoms in total. The number of carbonyl (C=O) groups is 2. The van der Waals surface area contributed by atoms with Crippen LogP contribution in [0.5, 0.6) is 0 Å². The van der Waals surface area contributed by atoms with Gasteiger partial charge in [-0.2, -0.15) is 12.6 Å². The van der Waals surface area contributed by atoms with Crippen LogP contribution in [-0.2, 0) is 9.47 Å². The summed E-state index contributed by atoms with van der Waals surface area (Å²) in [5.74, 6) is 2.09. The van der Waals surface area contributed by atoms with Gasteiger partial charge >= 0.3 is 12.2 Å². The second-order valence-electron chi connectivity index (χ2n) is 7.96. The second-order valence-corrected chi connectivity index (χ2v) is 8.40.